The molecule has 2 N–H and O–H groups in total. The van der Waals surface area contributed by atoms with Crippen molar-refractivity contribution in [2.24, 2.45) is 0 Å². The first-order chi connectivity index (χ1) is 8.16. The number of hydrogen-bond donors (Lipinski definition) is 2. The van der Waals surface area contributed by atoms with Crippen LogP contribution in [0.4, 0.5) is 0 Å². The summed E-state index contributed by atoms with van der Waals surface area (Å²) in [5, 5.41) is 17.3. The number of carboxylic acids is 1. The van der Waals surface area contributed by atoms with Gasteiger partial charge in [-0.1, -0.05) is 18.2 Å². The second-order valence-corrected chi connectivity index (χ2v) is 3.33. The molecule has 0 aliphatic carbocycles. The first kappa shape index (κ1) is 11.1. The molecule has 0 bridgehead atoms. The molecule has 17 heavy (non-hydrogen) atoms. The van der Waals surface area contributed by atoms with Crippen LogP contribution in [0.25, 0.3) is 6.08 Å². The molecule has 0 fully saturated rings. The number of carbonyl (C=O) groups is 1. The number of ether oxygens (including phenoxy) is 2. The Balaban J connectivity index is 2.12. The number of benzene rings is 1. The van der Waals surface area contributed by atoms with Gasteiger partial charge in [0.15, 0.2) is 11.5 Å². The molecule has 1 aromatic rings. The molecule has 0 saturated heterocycles. The van der Waals surface area contributed by atoms with Crippen LogP contribution in [-0.4, -0.2) is 23.0 Å². The van der Waals surface area contributed by atoms with Gasteiger partial charge in [-0.3, -0.25) is 0 Å². The molecule has 2 rings (SSSR count). The summed E-state index contributed by atoms with van der Waals surface area (Å²) in [6.45, 7) is 0.211. The summed E-state index contributed by atoms with van der Waals surface area (Å²) in [4.78, 5) is 10.3. The van der Waals surface area contributed by atoms with Gasteiger partial charge in [-0.05, 0) is 23.8 Å². The van der Waals surface area contributed by atoms with Crippen molar-refractivity contribution in [3.05, 3.63) is 41.7 Å². The van der Waals surface area contributed by atoms with E-state index in [1.165, 1.54) is 6.08 Å². The minimum atomic E-state index is -1.36. The molecular formula is C12H10O5. The molecule has 1 aliphatic rings. The van der Waals surface area contributed by atoms with Crippen LogP contribution in [0.5, 0.6) is 11.5 Å². The third kappa shape index (κ3) is 2.57. The number of hydrogen-bond acceptors (Lipinski definition) is 4. The second-order valence-electron chi connectivity index (χ2n) is 3.33. The maximum Gasteiger partial charge on any atom is 0.370 e. The summed E-state index contributed by atoms with van der Waals surface area (Å²) in [7, 11) is 0. The molecule has 0 atom stereocenters. The van der Waals surface area contributed by atoms with Gasteiger partial charge < -0.3 is 19.7 Å². The first-order valence-corrected chi connectivity index (χ1v) is 4.87. The molecule has 88 valence electrons. The van der Waals surface area contributed by atoms with Crippen molar-refractivity contribution in [3.63, 3.8) is 0 Å². The molecule has 0 saturated carbocycles. The van der Waals surface area contributed by atoms with Crippen LogP contribution in [0.15, 0.2) is 36.1 Å². The van der Waals surface area contributed by atoms with Crippen LogP contribution in [0.3, 0.4) is 0 Å². The Morgan fingerprint density at radius 2 is 2.00 bits per heavy atom. The number of aliphatic carboxylic acids is 1. The molecule has 0 radical (unpaired) electrons. The molecule has 0 spiro atoms. The van der Waals surface area contributed by atoms with Gasteiger partial charge in [0.1, 0.15) is 0 Å². The quantitative estimate of drug-likeness (QED) is 0.475. The lowest BCUT2D eigenvalue weighted by Crippen LogP contribution is -1.97. The minimum Gasteiger partial charge on any atom is -0.502 e. The van der Waals surface area contributed by atoms with E-state index in [0.717, 1.165) is 11.6 Å². The minimum absolute atomic E-state index is 0.211. The van der Waals surface area contributed by atoms with Gasteiger partial charge >= 0.3 is 5.97 Å². The largest absolute Gasteiger partial charge is 0.502 e. The average molecular weight is 234 g/mol. The third-order valence-electron chi connectivity index (χ3n) is 2.16. The molecule has 5 heteroatoms. The fraction of sp³-hybridized carbons (Fsp3) is 0.0833. The number of aliphatic hydroxyl groups excluding tert-OH is 1. The summed E-state index contributed by atoms with van der Waals surface area (Å²) in [6.07, 6.45) is 4.20. The zero-order chi connectivity index (χ0) is 12.3. The van der Waals surface area contributed by atoms with E-state index in [1.54, 1.807) is 24.3 Å². The number of fused-ring (bicyclic) bond motifs is 1. The topological polar surface area (TPSA) is 76.0 Å². The van der Waals surface area contributed by atoms with Crippen LogP contribution in [-0.2, 0) is 4.79 Å². The van der Waals surface area contributed by atoms with Crippen molar-refractivity contribution in [3.8, 4) is 11.5 Å². The Morgan fingerprint density at radius 3 is 2.76 bits per heavy atom. The number of carboxylic acid groups (broad SMARTS) is 1. The second kappa shape index (κ2) is 4.61. The van der Waals surface area contributed by atoms with E-state index < -0.39 is 11.7 Å². The van der Waals surface area contributed by atoms with Crippen LogP contribution in [0, 0.1) is 0 Å². The Morgan fingerprint density at radius 1 is 1.24 bits per heavy atom. The molecule has 1 aromatic carbocycles. The highest BCUT2D eigenvalue weighted by atomic mass is 16.7. The van der Waals surface area contributed by atoms with Gasteiger partial charge in [-0.25, -0.2) is 4.79 Å². The van der Waals surface area contributed by atoms with E-state index in [9.17, 15) is 4.79 Å². The first-order valence-electron chi connectivity index (χ1n) is 4.87. The summed E-state index contributed by atoms with van der Waals surface area (Å²) in [5.74, 6) is -0.730. The van der Waals surface area contributed by atoms with E-state index >= 15 is 0 Å². The maximum atomic E-state index is 10.3. The van der Waals surface area contributed by atoms with Gasteiger partial charge in [0.2, 0.25) is 12.6 Å². The summed E-state index contributed by atoms with van der Waals surface area (Å²) < 4.78 is 10.3. The number of aliphatic hydroxyl groups is 1. The smallest absolute Gasteiger partial charge is 0.370 e. The highest BCUT2D eigenvalue weighted by Crippen LogP contribution is 2.32. The normalized spacial score (nSPS) is 14.2. The van der Waals surface area contributed by atoms with Crippen molar-refractivity contribution < 1.29 is 24.5 Å². The molecule has 0 amide bonds. The Bertz CT molecular complexity index is 502. The van der Waals surface area contributed by atoms with Crippen molar-refractivity contribution in [2.45, 2.75) is 0 Å². The van der Waals surface area contributed by atoms with E-state index in [2.05, 4.69) is 0 Å². The summed E-state index contributed by atoms with van der Waals surface area (Å²) in [5.41, 5.74) is 0.823. The monoisotopic (exact) mass is 234 g/mol. The van der Waals surface area contributed by atoms with E-state index in [1.807, 2.05) is 0 Å². The highest BCUT2D eigenvalue weighted by Gasteiger charge is 2.11. The summed E-state index contributed by atoms with van der Waals surface area (Å²) in [6, 6.07) is 5.34. The average Bonchev–Trinajstić information content (AvgIpc) is 2.75. The Kier molecular flexibility index (Phi) is 3.00. The van der Waals surface area contributed by atoms with Gasteiger partial charge in [0.05, 0.1) is 0 Å². The predicted molar refractivity (Wildman–Crippen MR) is 59.9 cm³/mol. The van der Waals surface area contributed by atoms with Crippen molar-refractivity contribution in [1.29, 1.82) is 0 Å². The van der Waals surface area contributed by atoms with Gasteiger partial charge in [0.25, 0.3) is 0 Å². The highest BCUT2D eigenvalue weighted by molar-refractivity contribution is 5.84. The van der Waals surface area contributed by atoms with E-state index in [0.29, 0.717) is 11.5 Å². The van der Waals surface area contributed by atoms with Gasteiger partial charge in [-0.2, -0.15) is 0 Å². The van der Waals surface area contributed by atoms with E-state index in [-0.39, 0.29) is 6.79 Å². The lowest BCUT2D eigenvalue weighted by atomic mass is 10.2. The van der Waals surface area contributed by atoms with Crippen molar-refractivity contribution in [2.75, 3.05) is 6.79 Å². The predicted octanol–water partition coefficient (Wildman–Crippen LogP) is 1.95. The molecule has 1 heterocycles. The zero-order valence-corrected chi connectivity index (χ0v) is 8.79. The van der Waals surface area contributed by atoms with Crippen LogP contribution in [0.2, 0.25) is 0 Å². The number of rotatable bonds is 3. The van der Waals surface area contributed by atoms with E-state index in [4.69, 9.17) is 19.7 Å². The standard InChI is InChI=1S/C12H10O5/c13-9(12(14)15)3-1-2-8-4-5-10-11(6-8)17-7-16-10/h1-6,13H,7H2,(H,14,15). The maximum absolute atomic E-state index is 10.3. The van der Waals surface area contributed by atoms with Gasteiger partial charge in [0, 0.05) is 0 Å². The van der Waals surface area contributed by atoms with Crippen LogP contribution < -0.4 is 9.47 Å². The van der Waals surface area contributed by atoms with Crippen LogP contribution >= 0.6 is 0 Å². The fourth-order valence-electron chi connectivity index (χ4n) is 1.34. The molecule has 0 unspecified atom stereocenters. The van der Waals surface area contributed by atoms with Crippen molar-refractivity contribution in [1.82, 2.24) is 0 Å². The molecule has 0 aromatic heterocycles. The van der Waals surface area contributed by atoms with Crippen molar-refractivity contribution >= 4 is 12.0 Å². The van der Waals surface area contributed by atoms with Crippen LogP contribution in [0.1, 0.15) is 5.56 Å². The number of allylic oxidation sites excluding steroid dienone is 2. The lowest BCUT2D eigenvalue weighted by molar-refractivity contribution is -0.135. The lowest BCUT2D eigenvalue weighted by Gasteiger charge is -1.96. The molecule has 1 aliphatic heterocycles. The Labute approximate surface area is 97.2 Å². The molecule has 5 nitrogen and oxygen atoms in total. The fourth-order valence-corrected chi connectivity index (χ4v) is 1.34. The Hall–Kier alpha value is -2.43. The zero-order valence-electron chi connectivity index (χ0n) is 8.79. The molecular weight excluding hydrogens is 224 g/mol. The van der Waals surface area contributed by atoms with Gasteiger partial charge in [-0.15, -0.1) is 0 Å². The third-order valence-corrected chi connectivity index (χ3v) is 2.16. The SMILES string of the molecule is O=C(O)C(O)=CC=Cc1ccc2c(c1)OCO2. The summed E-state index contributed by atoms with van der Waals surface area (Å²) >= 11 is 0.